The molecule has 3 aliphatic rings. The van der Waals surface area contributed by atoms with Gasteiger partial charge in [0.05, 0.1) is 30.3 Å². The van der Waals surface area contributed by atoms with Gasteiger partial charge >= 0.3 is 12.0 Å². The molecule has 6 rings (SSSR count). The Morgan fingerprint density at radius 1 is 1.05 bits per heavy atom. The predicted octanol–water partition coefficient (Wildman–Crippen LogP) is 2.96. The summed E-state index contributed by atoms with van der Waals surface area (Å²) < 4.78 is 0. The molecule has 3 amide bonds. The summed E-state index contributed by atoms with van der Waals surface area (Å²) in [6, 6.07) is 7.93. The normalized spacial score (nSPS) is 19.1. The molecule has 222 valence electrons. The minimum Gasteiger partial charge on any atom is -0.481 e. The van der Waals surface area contributed by atoms with Gasteiger partial charge in [0.2, 0.25) is 5.91 Å². The number of benzene rings is 1. The fourth-order valence-corrected chi connectivity index (χ4v) is 7.31. The summed E-state index contributed by atoms with van der Waals surface area (Å²) in [6.45, 7) is 5.05. The molecule has 11 nitrogen and oxygen atoms in total. The second kappa shape index (κ2) is 11.8. The van der Waals surface area contributed by atoms with E-state index in [9.17, 15) is 19.5 Å². The number of nitrogens with zero attached hydrogens (tertiary/aromatic N) is 5. The van der Waals surface area contributed by atoms with Crippen LogP contribution in [0.4, 0.5) is 4.79 Å². The van der Waals surface area contributed by atoms with Crippen molar-refractivity contribution in [2.24, 2.45) is 5.41 Å². The number of carbonyl (C=O) groups excluding carboxylic acids is 2. The summed E-state index contributed by atoms with van der Waals surface area (Å²) in [5.41, 5.74) is 3.86. The molecular formula is C30H37N7O4S. The summed E-state index contributed by atoms with van der Waals surface area (Å²) in [5.74, 6) is -0.972. The van der Waals surface area contributed by atoms with Gasteiger partial charge in [-0.1, -0.05) is 24.3 Å². The van der Waals surface area contributed by atoms with E-state index in [1.165, 1.54) is 11.3 Å². The van der Waals surface area contributed by atoms with Gasteiger partial charge in [0, 0.05) is 61.8 Å². The number of carboxylic acids is 1. The number of H-pyrrole nitrogens is 1. The van der Waals surface area contributed by atoms with Crippen LogP contribution in [-0.4, -0.2) is 99.2 Å². The number of carbonyl (C=O) groups is 3. The van der Waals surface area contributed by atoms with Gasteiger partial charge in [0.15, 0.2) is 0 Å². The number of rotatable bonds is 7. The van der Waals surface area contributed by atoms with Crippen LogP contribution in [0.1, 0.15) is 47.0 Å². The number of fused-ring (bicyclic) bond motifs is 1. The number of piperidine rings is 1. The van der Waals surface area contributed by atoms with Gasteiger partial charge in [0.1, 0.15) is 5.01 Å². The maximum Gasteiger partial charge on any atom is 0.320 e. The van der Waals surface area contributed by atoms with E-state index in [2.05, 4.69) is 27.5 Å². The van der Waals surface area contributed by atoms with E-state index in [4.69, 9.17) is 4.98 Å². The SMILES string of the molecule is CN1CCN(C(=O)N2CCC(c3[nH]ncc3-c3csc(CNC(=O)C4(CC(=O)O)Cc5ccccc5C4)n3)CC2)CC1. The first-order valence-corrected chi connectivity index (χ1v) is 15.5. The Balaban J connectivity index is 1.07. The Labute approximate surface area is 248 Å². The van der Waals surface area contributed by atoms with E-state index in [0.29, 0.717) is 25.9 Å². The number of likely N-dealkylation sites (N-methyl/N-ethyl adjacent to an activating group) is 1. The highest BCUT2D eigenvalue weighted by Crippen LogP contribution is 2.40. The fraction of sp³-hybridized carbons (Fsp3) is 0.500. The number of hydrogen-bond donors (Lipinski definition) is 3. The first-order valence-electron chi connectivity index (χ1n) is 14.6. The number of urea groups is 1. The molecule has 0 bridgehead atoms. The van der Waals surface area contributed by atoms with Gasteiger partial charge in [-0.05, 0) is 43.9 Å². The van der Waals surface area contributed by atoms with Crippen molar-refractivity contribution in [1.82, 2.24) is 35.2 Å². The van der Waals surface area contributed by atoms with Crippen molar-refractivity contribution in [1.29, 1.82) is 0 Å². The van der Waals surface area contributed by atoms with Gasteiger partial charge < -0.3 is 25.1 Å². The number of aromatic nitrogens is 3. The highest BCUT2D eigenvalue weighted by molar-refractivity contribution is 7.09. The van der Waals surface area contributed by atoms with Crippen LogP contribution in [0.25, 0.3) is 11.3 Å². The maximum atomic E-state index is 13.4. The fourth-order valence-electron chi connectivity index (χ4n) is 6.58. The van der Waals surface area contributed by atoms with Crippen molar-refractivity contribution in [3.63, 3.8) is 0 Å². The van der Waals surface area contributed by atoms with Crippen LogP contribution in [0.3, 0.4) is 0 Å². The zero-order valence-electron chi connectivity index (χ0n) is 23.8. The lowest BCUT2D eigenvalue weighted by atomic mass is 9.80. The zero-order chi connectivity index (χ0) is 29.3. The molecule has 2 fully saturated rings. The van der Waals surface area contributed by atoms with Gasteiger partial charge in [-0.3, -0.25) is 14.7 Å². The molecule has 2 saturated heterocycles. The molecule has 2 aromatic heterocycles. The molecule has 12 heteroatoms. The minimum atomic E-state index is -0.992. The number of hydrogen-bond acceptors (Lipinski definition) is 7. The Kier molecular flexibility index (Phi) is 8.00. The van der Waals surface area contributed by atoms with Crippen molar-refractivity contribution in [2.75, 3.05) is 46.3 Å². The summed E-state index contributed by atoms with van der Waals surface area (Å²) in [7, 11) is 2.09. The second-order valence-electron chi connectivity index (χ2n) is 11.8. The van der Waals surface area contributed by atoms with Gasteiger partial charge in [-0.2, -0.15) is 5.10 Å². The van der Waals surface area contributed by atoms with E-state index >= 15 is 0 Å². The van der Waals surface area contributed by atoms with Crippen molar-refractivity contribution >= 4 is 29.2 Å². The van der Waals surface area contributed by atoms with Crippen LogP contribution < -0.4 is 5.32 Å². The van der Waals surface area contributed by atoms with Crippen LogP contribution in [0.2, 0.25) is 0 Å². The molecule has 0 spiro atoms. The summed E-state index contributed by atoms with van der Waals surface area (Å²) in [5, 5.41) is 22.8. The van der Waals surface area contributed by atoms with Gasteiger partial charge in [-0.25, -0.2) is 9.78 Å². The van der Waals surface area contributed by atoms with Crippen molar-refractivity contribution in [2.45, 2.75) is 44.6 Å². The molecule has 0 radical (unpaired) electrons. The van der Waals surface area contributed by atoms with Crippen molar-refractivity contribution in [3.05, 3.63) is 57.7 Å². The number of aromatic amines is 1. The Bertz CT molecular complexity index is 1430. The average Bonchev–Trinajstić information content (AvgIpc) is 3.74. The number of nitrogens with one attached hydrogen (secondary N) is 2. The predicted molar refractivity (Wildman–Crippen MR) is 158 cm³/mol. The van der Waals surface area contributed by atoms with Crippen LogP contribution in [0.5, 0.6) is 0 Å². The summed E-state index contributed by atoms with van der Waals surface area (Å²) >= 11 is 1.46. The van der Waals surface area contributed by atoms with E-state index in [1.807, 2.05) is 39.4 Å². The molecule has 3 aromatic rings. The third-order valence-corrected chi connectivity index (χ3v) is 9.84. The topological polar surface area (TPSA) is 135 Å². The Morgan fingerprint density at radius 3 is 2.38 bits per heavy atom. The lowest BCUT2D eigenvalue weighted by molar-refractivity contribution is -0.145. The number of amides is 3. The van der Waals surface area contributed by atoms with E-state index < -0.39 is 11.4 Å². The molecule has 3 N–H and O–H groups in total. The van der Waals surface area contributed by atoms with Gasteiger partial charge in [-0.15, -0.1) is 11.3 Å². The highest BCUT2D eigenvalue weighted by Gasteiger charge is 2.45. The number of piperazine rings is 1. The molecule has 0 atom stereocenters. The minimum absolute atomic E-state index is 0.143. The van der Waals surface area contributed by atoms with Crippen LogP contribution in [-0.2, 0) is 29.0 Å². The first-order chi connectivity index (χ1) is 20.3. The first kappa shape index (κ1) is 28.4. The quantitative estimate of drug-likeness (QED) is 0.385. The third kappa shape index (κ3) is 5.78. The Hall–Kier alpha value is -3.77. The molecule has 1 aliphatic carbocycles. The highest BCUT2D eigenvalue weighted by atomic mass is 32.1. The van der Waals surface area contributed by atoms with Crippen LogP contribution in [0.15, 0.2) is 35.8 Å². The van der Waals surface area contributed by atoms with E-state index in [1.54, 1.807) is 6.20 Å². The summed E-state index contributed by atoms with van der Waals surface area (Å²) in [4.78, 5) is 49.1. The number of aliphatic carboxylic acids is 1. The number of likely N-dealkylation sites (tertiary alicyclic amines) is 1. The number of carboxylic acid groups (broad SMARTS) is 1. The number of thiazole rings is 1. The van der Waals surface area contributed by atoms with Crippen LogP contribution >= 0.6 is 11.3 Å². The van der Waals surface area contributed by atoms with E-state index in [-0.39, 0.29) is 30.8 Å². The Morgan fingerprint density at radius 2 is 1.71 bits per heavy atom. The molecule has 4 heterocycles. The van der Waals surface area contributed by atoms with E-state index in [0.717, 1.165) is 72.1 Å². The van der Waals surface area contributed by atoms with Crippen molar-refractivity contribution < 1.29 is 19.5 Å². The zero-order valence-corrected chi connectivity index (χ0v) is 24.7. The second-order valence-corrected chi connectivity index (χ2v) is 12.8. The largest absolute Gasteiger partial charge is 0.481 e. The van der Waals surface area contributed by atoms with Crippen molar-refractivity contribution in [3.8, 4) is 11.3 Å². The molecular weight excluding hydrogens is 554 g/mol. The molecule has 0 unspecified atom stereocenters. The molecule has 0 saturated carbocycles. The standard InChI is InChI=1S/C30H37N7O4S/c1-35-10-12-37(13-11-35)29(41)36-8-6-20(7-9-36)27-23(17-32-34-27)24-19-42-25(33-24)18-31-28(40)30(16-26(38)39)14-21-4-2-3-5-22(21)15-30/h2-5,17,19-20H,6-16,18H2,1H3,(H,31,40)(H,32,34)(H,38,39). The lowest BCUT2D eigenvalue weighted by Crippen LogP contribution is -2.53. The van der Waals surface area contributed by atoms with Gasteiger partial charge in [0.25, 0.3) is 0 Å². The third-order valence-electron chi connectivity index (χ3n) is 8.99. The summed E-state index contributed by atoms with van der Waals surface area (Å²) in [6.07, 6.45) is 4.14. The molecule has 1 aromatic carbocycles. The molecule has 2 aliphatic heterocycles. The molecule has 42 heavy (non-hydrogen) atoms. The average molecular weight is 592 g/mol. The monoisotopic (exact) mass is 591 g/mol. The smallest absolute Gasteiger partial charge is 0.320 e. The maximum absolute atomic E-state index is 13.4. The lowest BCUT2D eigenvalue weighted by Gasteiger charge is -2.38. The van der Waals surface area contributed by atoms with Crippen LogP contribution in [0, 0.1) is 5.41 Å².